The summed E-state index contributed by atoms with van der Waals surface area (Å²) in [5.74, 6) is -4.44. The Morgan fingerprint density at radius 3 is 2.20 bits per heavy atom. The minimum Gasteiger partial charge on any atom is -0.289 e. The molecular weight excluding hydrogens is 219 g/mol. The molecule has 1 aromatic carbocycles. The van der Waals surface area contributed by atoms with E-state index in [1.165, 1.54) is 0 Å². The van der Waals surface area contributed by atoms with Crippen molar-refractivity contribution in [1.82, 2.24) is 0 Å². The highest BCUT2D eigenvalue weighted by Crippen LogP contribution is 2.19. The predicted octanol–water partition coefficient (Wildman–Crippen LogP) is 2.64. The van der Waals surface area contributed by atoms with Gasteiger partial charge in [-0.05, 0) is 17.7 Å². The standard InChI is InChI=1S/C9H5F5O/c10-6-2-1-5(3-7(6)11)4-8(15)9(12,13)14/h1-3H,4H2. The van der Waals surface area contributed by atoms with Gasteiger partial charge in [0.1, 0.15) is 0 Å². The van der Waals surface area contributed by atoms with E-state index in [9.17, 15) is 26.7 Å². The highest BCUT2D eigenvalue weighted by Gasteiger charge is 2.37. The number of benzene rings is 1. The zero-order valence-corrected chi connectivity index (χ0v) is 7.24. The van der Waals surface area contributed by atoms with Crippen LogP contribution in [-0.4, -0.2) is 12.0 Å². The number of rotatable bonds is 2. The van der Waals surface area contributed by atoms with Crippen molar-refractivity contribution in [3.05, 3.63) is 35.4 Å². The van der Waals surface area contributed by atoms with Gasteiger partial charge in [-0.2, -0.15) is 13.2 Å². The van der Waals surface area contributed by atoms with Crippen LogP contribution in [0, 0.1) is 11.6 Å². The van der Waals surface area contributed by atoms with Gasteiger partial charge in [-0.3, -0.25) is 4.79 Å². The van der Waals surface area contributed by atoms with Gasteiger partial charge in [0.15, 0.2) is 11.6 Å². The third-order valence-corrected chi connectivity index (χ3v) is 1.66. The molecule has 0 saturated carbocycles. The van der Waals surface area contributed by atoms with Crippen LogP contribution in [0.1, 0.15) is 5.56 Å². The molecule has 15 heavy (non-hydrogen) atoms. The molecule has 0 N–H and O–H groups in total. The summed E-state index contributed by atoms with van der Waals surface area (Å²) >= 11 is 0. The molecule has 6 heteroatoms. The largest absolute Gasteiger partial charge is 0.450 e. The van der Waals surface area contributed by atoms with Crippen molar-refractivity contribution >= 4 is 5.78 Å². The van der Waals surface area contributed by atoms with Gasteiger partial charge in [-0.15, -0.1) is 0 Å². The smallest absolute Gasteiger partial charge is 0.289 e. The Morgan fingerprint density at radius 2 is 1.73 bits per heavy atom. The third-order valence-electron chi connectivity index (χ3n) is 1.66. The van der Waals surface area contributed by atoms with Crippen LogP contribution in [0.5, 0.6) is 0 Å². The van der Waals surface area contributed by atoms with Crippen LogP contribution in [0.2, 0.25) is 0 Å². The predicted molar refractivity (Wildman–Crippen MR) is 41.1 cm³/mol. The molecule has 0 aliphatic heterocycles. The summed E-state index contributed by atoms with van der Waals surface area (Å²) in [6.07, 6.45) is -5.94. The second-order valence-electron chi connectivity index (χ2n) is 2.85. The molecule has 0 aliphatic carbocycles. The van der Waals surface area contributed by atoms with Crippen LogP contribution in [0.4, 0.5) is 22.0 Å². The number of ketones is 1. The maximum atomic E-state index is 12.6. The fourth-order valence-corrected chi connectivity index (χ4v) is 0.935. The molecule has 0 atom stereocenters. The first-order valence-electron chi connectivity index (χ1n) is 3.84. The summed E-state index contributed by atoms with van der Waals surface area (Å²) in [5, 5.41) is 0. The van der Waals surface area contributed by atoms with Crippen LogP contribution in [0.25, 0.3) is 0 Å². The highest BCUT2D eigenvalue weighted by atomic mass is 19.4. The van der Waals surface area contributed by atoms with Gasteiger partial charge in [0.05, 0.1) is 0 Å². The molecule has 0 fully saturated rings. The van der Waals surface area contributed by atoms with E-state index in [4.69, 9.17) is 0 Å². The Labute approximate surface area is 81.5 Å². The lowest BCUT2D eigenvalue weighted by Gasteiger charge is -2.05. The first kappa shape index (κ1) is 11.6. The SMILES string of the molecule is O=C(Cc1ccc(F)c(F)c1)C(F)(F)F. The van der Waals surface area contributed by atoms with E-state index in [1.807, 2.05) is 0 Å². The van der Waals surface area contributed by atoms with Gasteiger partial charge in [-0.1, -0.05) is 6.07 Å². The minimum absolute atomic E-state index is 0.212. The van der Waals surface area contributed by atoms with Crippen LogP contribution in [0.3, 0.4) is 0 Å². The number of hydrogen-bond acceptors (Lipinski definition) is 1. The number of carbonyl (C=O) groups excluding carboxylic acids is 1. The van der Waals surface area contributed by atoms with Crippen molar-refractivity contribution in [3.8, 4) is 0 Å². The summed E-state index contributed by atoms with van der Waals surface area (Å²) < 4.78 is 60.3. The van der Waals surface area contributed by atoms with E-state index >= 15 is 0 Å². The fourth-order valence-electron chi connectivity index (χ4n) is 0.935. The zero-order chi connectivity index (χ0) is 11.6. The molecule has 0 aliphatic rings. The van der Waals surface area contributed by atoms with E-state index in [0.717, 1.165) is 6.07 Å². The molecule has 82 valence electrons. The topological polar surface area (TPSA) is 17.1 Å². The highest BCUT2D eigenvalue weighted by molar-refractivity contribution is 5.86. The molecule has 0 amide bonds. The molecule has 0 unspecified atom stereocenters. The van der Waals surface area contributed by atoms with Crippen molar-refractivity contribution < 1.29 is 26.7 Å². The molecule has 1 nitrogen and oxygen atoms in total. The van der Waals surface area contributed by atoms with Crippen molar-refractivity contribution in [2.45, 2.75) is 12.6 Å². The fraction of sp³-hybridized carbons (Fsp3) is 0.222. The van der Waals surface area contributed by atoms with E-state index in [-0.39, 0.29) is 5.56 Å². The molecular formula is C9H5F5O. The number of carbonyl (C=O) groups is 1. The van der Waals surface area contributed by atoms with Crippen molar-refractivity contribution in [2.75, 3.05) is 0 Å². The number of alkyl halides is 3. The van der Waals surface area contributed by atoms with Crippen LogP contribution in [-0.2, 0) is 11.2 Å². The molecule has 0 aromatic heterocycles. The molecule has 0 saturated heterocycles. The Bertz CT molecular complexity index is 383. The monoisotopic (exact) mass is 224 g/mol. The summed E-state index contributed by atoms with van der Waals surface area (Å²) in [7, 11) is 0. The van der Waals surface area contributed by atoms with Crippen molar-refractivity contribution in [1.29, 1.82) is 0 Å². The van der Waals surface area contributed by atoms with E-state index in [0.29, 0.717) is 12.1 Å². The number of hydrogen-bond donors (Lipinski definition) is 0. The lowest BCUT2D eigenvalue weighted by molar-refractivity contribution is -0.170. The van der Waals surface area contributed by atoms with E-state index in [2.05, 4.69) is 0 Å². The maximum absolute atomic E-state index is 12.6. The zero-order valence-electron chi connectivity index (χ0n) is 7.24. The lowest BCUT2D eigenvalue weighted by Crippen LogP contribution is -2.24. The summed E-state index contributed by atoms with van der Waals surface area (Å²) in [6, 6.07) is 2.18. The summed E-state index contributed by atoms with van der Waals surface area (Å²) in [5.41, 5.74) is -0.212. The Kier molecular flexibility index (Phi) is 3.06. The summed E-state index contributed by atoms with van der Waals surface area (Å²) in [6.45, 7) is 0. The average Bonchev–Trinajstić information content (AvgIpc) is 2.10. The number of Topliss-reactive ketones (excluding diaryl/α,β-unsaturated/α-hetero) is 1. The summed E-state index contributed by atoms with van der Waals surface area (Å²) in [4.78, 5) is 10.5. The molecule has 1 rings (SSSR count). The van der Waals surface area contributed by atoms with Crippen LogP contribution in [0.15, 0.2) is 18.2 Å². The molecule has 0 radical (unpaired) electrons. The van der Waals surface area contributed by atoms with Crippen molar-refractivity contribution in [2.24, 2.45) is 0 Å². The number of halogens is 5. The van der Waals surface area contributed by atoms with Crippen LogP contribution >= 0.6 is 0 Å². The van der Waals surface area contributed by atoms with Crippen molar-refractivity contribution in [3.63, 3.8) is 0 Å². The van der Waals surface area contributed by atoms with Gasteiger partial charge in [0, 0.05) is 6.42 Å². The Morgan fingerprint density at radius 1 is 1.13 bits per heavy atom. The van der Waals surface area contributed by atoms with Gasteiger partial charge < -0.3 is 0 Å². The van der Waals surface area contributed by atoms with Gasteiger partial charge in [0.2, 0.25) is 5.78 Å². The first-order chi connectivity index (χ1) is 6.80. The second-order valence-corrected chi connectivity index (χ2v) is 2.85. The molecule has 0 heterocycles. The van der Waals surface area contributed by atoms with E-state index < -0.39 is 30.0 Å². The molecule has 0 bridgehead atoms. The minimum atomic E-state index is -4.95. The Hall–Kier alpha value is -1.46. The van der Waals surface area contributed by atoms with Gasteiger partial charge in [0.25, 0.3) is 0 Å². The van der Waals surface area contributed by atoms with E-state index in [1.54, 1.807) is 0 Å². The van der Waals surface area contributed by atoms with Gasteiger partial charge in [-0.25, -0.2) is 8.78 Å². The second kappa shape index (κ2) is 3.96. The molecule has 0 spiro atoms. The average molecular weight is 224 g/mol. The molecule has 1 aromatic rings. The maximum Gasteiger partial charge on any atom is 0.450 e. The van der Waals surface area contributed by atoms with Crippen LogP contribution < -0.4 is 0 Å². The quantitative estimate of drug-likeness (QED) is 0.706. The normalized spacial score (nSPS) is 11.5. The Balaban J connectivity index is 2.83. The first-order valence-corrected chi connectivity index (χ1v) is 3.84. The lowest BCUT2D eigenvalue weighted by atomic mass is 10.1. The van der Waals surface area contributed by atoms with Gasteiger partial charge >= 0.3 is 6.18 Å². The third kappa shape index (κ3) is 3.00.